The molecule has 0 N–H and O–H groups in total. The molecule has 2 rings (SSSR count). The second-order valence-corrected chi connectivity index (χ2v) is 6.02. The van der Waals surface area contributed by atoms with E-state index >= 15 is 0 Å². The highest BCUT2D eigenvalue weighted by molar-refractivity contribution is 9.10. The van der Waals surface area contributed by atoms with E-state index in [0.717, 1.165) is 26.2 Å². The maximum absolute atomic E-state index is 12.5. The highest BCUT2D eigenvalue weighted by Gasteiger charge is 2.14. The molecule has 0 bridgehead atoms. The topological polar surface area (TPSA) is 26.3 Å². The Kier molecular flexibility index (Phi) is 5.26. The van der Waals surface area contributed by atoms with Gasteiger partial charge in [-0.15, -0.1) is 11.8 Å². The number of ether oxygens (including phenoxy) is 1. The summed E-state index contributed by atoms with van der Waals surface area (Å²) in [6, 6.07) is 13.4. The van der Waals surface area contributed by atoms with Crippen molar-refractivity contribution in [3.8, 4) is 5.75 Å². The van der Waals surface area contributed by atoms with Gasteiger partial charge in [0.1, 0.15) is 5.75 Å². The summed E-state index contributed by atoms with van der Waals surface area (Å²) in [5, 5.41) is 0. The minimum absolute atomic E-state index is 0.103. The molecule has 4 heteroatoms. The molecule has 0 saturated heterocycles. The summed E-state index contributed by atoms with van der Waals surface area (Å²) < 4.78 is 6.26. The third-order valence-corrected chi connectivity index (χ3v) is 4.29. The molecule has 2 aromatic rings. The van der Waals surface area contributed by atoms with Crippen LogP contribution in [0.4, 0.5) is 0 Å². The van der Waals surface area contributed by atoms with Gasteiger partial charge in [0, 0.05) is 26.9 Å². The van der Waals surface area contributed by atoms with Crippen LogP contribution in [0.5, 0.6) is 5.75 Å². The second-order valence-electron chi connectivity index (χ2n) is 4.26. The van der Waals surface area contributed by atoms with E-state index in [9.17, 15) is 4.79 Å². The highest BCUT2D eigenvalue weighted by Crippen LogP contribution is 2.26. The number of halogens is 1. The molecule has 2 aromatic carbocycles. The lowest BCUT2D eigenvalue weighted by Crippen LogP contribution is -2.06. The van der Waals surface area contributed by atoms with Crippen molar-refractivity contribution in [2.24, 2.45) is 0 Å². The first-order valence-electron chi connectivity index (χ1n) is 6.14. The third kappa shape index (κ3) is 3.44. The zero-order chi connectivity index (χ0) is 14.5. The Morgan fingerprint density at radius 3 is 2.70 bits per heavy atom. The van der Waals surface area contributed by atoms with Gasteiger partial charge in [-0.2, -0.15) is 0 Å². The molecule has 0 fully saturated rings. The van der Waals surface area contributed by atoms with Crippen molar-refractivity contribution in [3.63, 3.8) is 0 Å². The Morgan fingerprint density at radius 1 is 1.25 bits per heavy atom. The van der Waals surface area contributed by atoms with Gasteiger partial charge in [0.2, 0.25) is 0 Å². The standard InChI is InChI=1S/C16H15BrO2S/c1-19-15-8-7-12(17)9-11(15)10-14(18)13-5-3-4-6-16(13)20-2/h3-9H,10H2,1-2H3. The first-order valence-corrected chi connectivity index (χ1v) is 8.16. The van der Waals surface area contributed by atoms with Gasteiger partial charge in [0.15, 0.2) is 5.78 Å². The van der Waals surface area contributed by atoms with Crippen molar-refractivity contribution in [2.45, 2.75) is 11.3 Å². The predicted octanol–water partition coefficient (Wildman–Crippen LogP) is 4.61. The minimum Gasteiger partial charge on any atom is -0.496 e. The maximum atomic E-state index is 12.5. The smallest absolute Gasteiger partial charge is 0.168 e. The zero-order valence-corrected chi connectivity index (χ0v) is 13.8. The van der Waals surface area contributed by atoms with Crippen LogP contribution < -0.4 is 4.74 Å². The molecule has 104 valence electrons. The first kappa shape index (κ1) is 15.1. The lowest BCUT2D eigenvalue weighted by atomic mass is 10.0. The third-order valence-electron chi connectivity index (χ3n) is 3.00. The number of hydrogen-bond donors (Lipinski definition) is 0. The molecule has 2 nitrogen and oxygen atoms in total. The molecule has 0 radical (unpaired) electrons. The van der Waals surface area contributed by atoms with E-state index in [1.807, 2.05) is 48.7 Å². The SMILES string of the molecule is COc1ccc(Br)cc1CC(=O)c1ccccc1SC. The maximum Gasteiger partial charge on any atom is 0.168 e. The average molecular weight is 351 g/mol. The summed E-state index contributed by atoms with van der Waals surface area (Å²) in [4.78, 5) is 13.5. The van der Waals surface area contributed by atoms with Crippen molar-refractivity contribution in [3.05, 3.63) is 58.1 Å². The Hall–Kier alpha value is -1.26. The highest BCUT2D eigenvalue weighted by atomic mass is 79.9. The van der Waals surface area contributed by atoms with E-state index < -0.39 is 0 Å². The molecule has 0 aliphatic rings. The second kappa shape index (κ2) is 6.95. The van der Waals surface area contributed by atoms with Gasteiger partial charge in [-0.25, -0.2) is 0 Å². The van der Waals surface area contributed by atoms with E-state index in [2.05, 4.69) is 15.9 Å². The van der Waals surface area contributed by atoms with Crippen LogP contribution >= 0.6 is 27.7 Å². The summed E-state index contributed by atoms with van der Waals surface area (Å²) in [6.07, 6.45) is 2.31. The fraction of sp³-hybridized carbons (Fsp3) is 0.188. The quantitative estimate of drug-likeness (QED) is 0.582. The number of Topliss-reactive ketones (excluding diaryl/α,β-unsaturated/α-hetero) is 1. The fourth-order valence-electron chi connectivity index (χ4n) is 2.03. The zero-order valence-electron chi connectivity index (χ0n) is 11.4. The first-order chi connectivity index (χ1) is 9.65. The van der Waals surface area contributed by atoms with Gasteiger partial charge in [0.05, 0.1) is 7.11 Å². The summed E-state index contributed by atoms with van der Waals surface area (Å²) in [5.41, 5.74) is 1.66. The van der Waals surface area contributed by atoms with Crippen LogP contribution in [0.2, 0.25) is 0 Å². The normalized spacial score (nSPS) is 10.3. The molecular weight excluding hydrogens is 336 g/mol. The van der Waals surface area contributed by atoms with E-state index in [0.29, 0.717) is 6.42 Å². The van der Waals surface area contributed by atoms with E-state index in [1.54, 1.807) is 18.9 Å². The van der Waals surface area contributed by atoms with Gasteiger partial charge < -0.3 is 4.74 Å². The molecule has 0 spiro atoms. The van der Waals surface area contributed by atoms with Crippen LogP contribution in [-0.2, 0) is 6.42 Å². The van der Waals surface area contributed by atoms with Crippen molar-refractivity contribution in [1.82, 2.24) is 0 Å². The van der Waals surface area contributed by atoms with Crippen molar-refractivity contribution in [1.29, 1.82) is 0 Å². The molecule has 0 saturated carbocycles. The van der Waals surface area contributed by atoms with E-state index in [-0.39, 0.29) is 5.78 Å². The summed E-state index contributed by atoms with van der Waals surface area (Å²) in [6.45, 7) is 0. The number of thioether (sulfide) groups is 1. The summed E-state index contributed by atoms with van der Waals surface area (Å²) in [5.74, 6) is 0.842. The number of hydrogen-bond acceptors (Lipinski definition) is 3. The van der Waals surface area contributed by atoms with Crippen LogP contribution in [0.1, 0.15) is 15.9 Å². The Labute approximate surface area is 131 Å². The van der Waals surface area contributed by atoms with E-state index in [4.69, 9.17) is 4.74 Å². The molecule has 0 aliphatic heterocycles. The molecule has 0 amide bonds. The average Bonchev–Trinajstić information content (AvgIpc) is 2.47. The predicted molar refractivity (Wildman–Crippen MR) is 87.0 cm³/mol. The van der Waals surface area contributed by atoms with Crippen molar-refractivity contribution >= 4 is 33.5 Å². The number of rotatable bonds is 5. The summed E-state index contributed by atoms with van der Waals surface area (Å²) in [7, 11) is 1.62. The van der Waals surface area contributed by atoms with Crippen LogP contribution in [0.3, 0.4) is 0 Å². The number of methoxy groups -OCH3 is 1. The molecular formula is C16H15BrO2S. The van der Waals surface area contributed by atoms with Gasteiger partial charge in [-0.1, -0.05) is 34.1 Å². The Bertz CT molecular complexity index is 626. The van der Waals surface area contributed by atoms with Crippen LogP contribution in [0.15, 0.2) is 51.8 Å². The monoisotopic (exact) mass is 350 g/mol. The van der Waals surface area contributed by atoms with Crippen LogP contribution in [-0.4, -0.2) is 19.1 Å². The molecule has 20 heavy (non-hydrogen) atoms. The Morgan fingerprint density at radius 2 is 2.00 bits per heavy atom. The van der Waals surface area contributed by atoms with Crippen LogP contribution in [0, 0.1) is 0 Å². The van der Waals surface area contributed by atoms with Gasteiger partial charge >= 0.3 is 0 Å². The van der Waals surface area contributed by atoms with Crippen LogP contribution in [0.25, 0.3) is 0 Å². The molecule has 0 aromatic heterocycles. The van der Waals surface area contributed by atoms with E-state index in [1.165, 1.54) is 0 Å². The molecule has 0 heterocycles. The number of benzene rings is 2. The molecule has 0 atom stereocenters. The van der Waals surface area contributed by atoms with Gasteiger partial charge in [0.25, 0.3) is 0 Å². The summed E-state index contributed by atoms with van der Waals surface area (Å²) >= 11 is 5.01. The largest absolute Gasteiger partial charge is 0.496 e. The molecule has 0 unspecified atom stereocenters. The number of carbonyl (C=O) groups is 1. The fourth-order valence-corrected chi connectivity index (χ4v) is 3.05. The number of carbonyl (C=O) groups excluding carboxylic acids is 1. The number of ketones is 1. The van der Waals surface area contributed by atoms with Gasteiger partial charge in [-0.05, 0) is 30.5 Å². The minimum atomic E-state index is 0.103. The Balaban J connectivity index is 2.30. The molecule has 0 aliphatic carbocycles. The van der Waals surface area contributed by atoms with Crippen molar-refractivity contribution < 1.29 is 9.53 Å². The lowest BCUT2D eigenvalue weighted by molar-refractivity contribution is 0.0989. The van der Waals surface area contributed by atoms with Gasteiger partial charge in [-0.3, -0.25) is 4.79 Å². The van der Waals surface area contributed by atoms with Crippen molar-refractivity contribution in [2.75, 3.05) is 13.4 Å². The lowest BCUT2D eigenvalue weighted by Gasteiger charge is -2.10.